The molecule has 17 heavy (non-hydrogen) atoms. The number of benzene rings is 1. The largest absolute Gasteiger partial charge is 0.489 e. The van der Waals surface area contributed by atoms with Gasteiger partial charge in [0.05, 0.1) is 6.20 Å². The Balaban J connectivity index is 2.07. The minimum Gasteiger partial charge on any atom is -0.489 e. The van der Waals surface area contributed by atoms with Crippen molar-refractivity contribution in [3.8, 4) is 5.75 Å². The lowest BCUT2D eigenvalue weighted by Crippen LogP contribution is -1.99. The standard InChI is InChI=1S/C14H14FNO/c1-2-12-5-3-4-6-14(12)17-10-11-7-13(15)9-16-8-11/h3-9H,2,10H2,1H3. The highest BCUT2D eigenvalue weighted by atomic mass is 19.1. The predicted octanol–water partition coefficient (Wildman–Crippen LogP) is 3.36. The molecule has 1 aromatic carbocycles. The first-order chi connectivity index (χ1) is 8.29. The van der Waals surface area contributed by atoms with Crippen molar-refractivity contribution in [3.05, 3.63) is 59.7 Å². The summed E-state index contributed by atoms with van der Waals surface area (Å²) in [6, 6.07) is 9.29. The van der Waals surface area contributed by atoms with Crippen molar-refractivity contribution in [1.82, 2.24) is 4.98 Å². The van der Waals surface area contributed by atoms with E-state index in [4.69, 9.17) is 4.74 Å². The van der Waals surface area contributed by atoms with Gasteiger partial charge >= 0.3 is 0 Å². The van der Waals surface area contributed by atoms with Crippen LogP contribution in [0.15, 0.2) is 42.7 Å². The molecule has 0 atom stereocenters. The van der Waals surface area contributed by atoms with Gasteiger partial charge in [-0.25, -0.2) is 4.39 Å². The van der Waals surface area contributed by atoms with Gasteiger partial charge in [0.25, 0.3) is 0 Å². The molecule has 2 aromatic rings. The second kappa shape index (κ2) is 5.43. The van der Waals surface area contributed by atoms with E-state index in [1.165, 1.54) is 12.3 Å². The van der Waals surface area contributed by atoms with Gasteiger partial charge in [0, 0.05) is 11.8 Å². The summed E-state index contributed by atoms with van der Waals surface area (Å²) in [4.78, 5) is 3.78. The molecule has 2 rings (SSSR count). The Labute approximate surface area is 100 Å². The van der Waals surface area contributed by atoms with Crippen LogP contribution in [-0.4, -0.2) is 4.98 Å². The molecule has 0 N–H and O–H groups in total. The smallest absolute Gasteiger partial charge is 0.141 e. The molecule has 0 aliphatic rings. The first-order valence-electron chi connectivity index (χ1n) is 5.59. The number of hydrogen-bond acceptors (Lipinski definition) is 2. The van der Waals surface area contributed by atoms with Crippen LogP contribution in [0.4, 0.5) is 4.39 Å². The number of halogens is 1. The molecule has 0 amide bonds. The summed E-state index contributed by atoms with van der Waals surface area (Å²) in [5.74, 6) is 0.508. The van der Waals surface area contributed by atoms with Gasteiger partial charge in [-0.15, -0.1) is 0 Å². The van der Waals surface area contributed by atoms with Crippen LogP contribution in [0.3, 0.4) is 0 Å². The summed E-state index contributed by atoms with van der Waals surface area (Å²) in [5.41, 5.74) is 1.88. The summed E-state index contributed by atoms with van der Waals surface area (Å²) < 4.78 is 18.6. The van der Waals surface area contributed by atoms with Crippen molar-refractivity contribution in [2.75, 3.05) is 0 Å². The van der Waals surface area contributed by atoms with Crippen molar-refractivity contribution < 1.29 is 9.13 Å². The Morgan fingerprint density at radius 3 is 2.82 bits per heavy atom. The van der Waals surface area contributed by atoms with Crippen molar-refractivity contribution in [2.45, 2.75) is 20.0 Å². The molecule has 0 saturated heterocycles. The molecule has 0 aliphatic heterocycles. The van der Waals surface area contributed by atoms with Crippen LogP contribution in [0.25, 0.3) is 0 Å². The minimum absolute atomic E-state index is 0.335. The molecule has 0 bridgehead atoms. The lowest BCUT2D eigenvalue weighted by atomic mass is 10.1. The summed E-state index contributed by atoms with van der Waals surface area (Å²) in [6.45, 7) is 2.41. The zero-order valence-corrected chi connectivity index (χ0v) is 9.69. The van der Waals surface area contributed by atoms with E-state index in [1.807, 2.05) is 24.3 Å². The Bertz CT molecular complexity index is 499. The SMILES string of the molecule is CCc1ccccc1OCc1cncc(F)c1. The Kier molecular flexibility index (Phi) is 3.70. The van der Waals surface area contributed by atoms with Crippen LogP contribution in [0.1, 0.15) is 18.1 Å². The average molecular weight is 231 g/mol. The quantitative estimate of drug-likeness (QED) is 0.805. The Morgan fingerprint density at radius 1 is 1.24 bits per heavy atom. The molecule has 3 heteroatoms. The molecular weight excluding hydrogens is 217 g/mol. The molecule has 1 heterocycles. The Hall–Kier alpha value is -1.90. The predicted molar refractivity (Wildman–Crippen MR) is 64.3 cm³/mol. The second-order valence-corrected chi connectivity index (χ2v) is 3.76. The molecule has 0 fully saturated rings. The third-order valence-electron chi connectivity index (χ3n) is 2.51. The van der Waals surface area contributed by atoms with E-state index in [1.54, 1.807) is 6.20 Å². The zero-order valence-electron chi connectivity index (χ0n) is 9.69. The summed E-state index contributed by atoms with van der Waals surface area (Å²) in [5, 5.41) is 0. The number of rotatable bonds is 4. The van der Waals surface area contributed by atoms with Crippen molar-refractivity contribution in [2.24, 2.45) is 0 Å². The Morgan fingerprint density at radius 2 is 2.06 bits per heavy atom. The number of hydrogen-bond donors (Lipinski definition) is 0. The molecule has 0 saturated carbocycles. The molecule has 1 aromatic heterocycles. The highest BCUT2D eigenvalue weighted by Crippen LogP contribution is 2.19. The fraction of sp³-hybridized carbons (Fsp3) is 0.214. The van der Waals surface area contributed by atoms with Crippen molar-refractivity contribution in [3.63, 3.8) is 0 Å². The maximum atomic E-state index is 12.9. The lowest BCUT2D eigenvalue weighted by Gasteiger charge is -2.09. The molecule has 2 nitrogen and oxygen atoms in total. The normalized spacial score (nSPS) is 10.2. The average Bonchev–Trinajstić information content (AvgIpc) is 2.37. The molecule has 0 radical (unpaired) electrons. The van der Waals surface area contributed by atoms with Crippen LogP contribution in [0, 0.1) is 5.82 Å². The zero-order chi connectivity index (χ0) is 12.1. The number of aryl methyl sites for hydroxylation is 1. The van der Waals surface area contributed by atoms with E-state index in [0.29, 0.717) is 6.61 Å². The summed E-state index contributed by atoms with van der Waals surface area (Å²) >= 11 is 0. The number of nitrogens with zero attached hydrogens (tertiary/aromatic N) is 1. The van der Waals surface area contributed by atoms with E-state index < -0.39 is 0 Å². The fourth-order valence-corrected chi connectivity index (χ4v) is 1.63. The van der Waals surface area contributed by atoms with E-state index in [2.05, 4.69) is 11.9 Å². The summed E-state index contributed by atoms with van der Waals surface area (Å²) in [7, 11) is 0. The molecular formula is C14H14FNO. The lowest BCUT2D eigenvalue weighted by molar-refractivity contribution is 0.302. The van der Waals surface area contributed by atoms with E-state index in [-0.39, 0.29) is 5.82 Å². The number of para-hydroxylation sites is 1. The number of ether oxygens (including phenoxy) is 1. The van der Waals surface area contributed by atoms with Gasteiger partial charge in [-0.2, -0.15) is 0 Å². The first kappa shape index (κ1) is 11.6. The third kappa shape index (κ3) is 3.03. The highest BCUT2D eigenvalue weighted by molar-refractivity contribution is 5.33. The van der Waals surface area contributed by atoms with Crippen LogP contribution in [0.2, 0.25) is 0 Å². The van der Waals surface area contributed by atoms with Crippen LogP contribution in [-0.2, 0) is 13.0 Å². The maximum Gasteiger partial charge on any atom is 0.141 e. The van der Waals surface area contributed by atoms with Gasteiger partial charge in [-0.3, -0.25) is 4.98 Å². The van der Waals surface area contributed by atoms with Crippen molar-refractivity contribution >= 4 is 0 Å². The highest BCUT2D eigenvalue weighted by Gasteiger charge is 2.02. The third-order valence-corrected chi connectivity index (χ3v) is 2.51. The maximum absolute atomic E-state index is 12.9. The van der Waals surface area contributed by atoms with E-state index >= 15 is 0 Å². The molecule has 0 aliphatic carbocycles. The van der Waals surface area contributed by atoms with E-state index in [9.17, 15) is 4.39 Å². The summed E-state index contributed by atoms with van der Waals surface area (Å²) in [6.07, 6.45) is 3.71. The topological polar surface area (TPSA) is 22.1 Å². The van der Waals surface area contributed by atoms with Gasteiger partial charge in [0.15, 0.2) is 0 Å². The van der Waals surface area contributed by atoms with Crippen molar-refractivity contribution in [1.29, 1.82) is 0 Å². The first-order valence-corrected chi connectivity index (χ1v) is 5.59. The molecule has 0 unspecified atom stereocenters. The van der Waals surface area contributed by atoms with Crippen LogP contribution < -0.4 is 4.74 Å². The van der Waals surface area contributed by atoms with E-state index in [0.717, 1.165) is 23.3 Å². The second-order valence-electron chi connectivity index (χ2n) is 3.76. The van der Waals surface area contributed by atoms with Crippen LogP contribution >= 0.6 is 0 Å². The minimum atomic E-state index is -0.338. The number of aromatic nitrogens is 1. The number of pyridine rings is 1. The van der Waals surface area contributed by atoms with Gasteiger partial charge in [0.1, 0.15) is 18.2 Å². The monoisotopic (exact) mass is 231 g/mol. The van der Waals surface area contributed by atoms with Gasteiger partial charge in [-0.05, 0) is 24.1 Å². The van der Waals surface area contributed by atoms with Gasteiger partial charge in [-0.1, -0.05) is 25.1 Å². The van der Waals surface area contributed by atoms with Gasteiger partial charge < -0.3 is 4.74 Å². The van der Waals surface area contributed by atoms with Gasteiger partial charge in [0.2, 0.25) is 0 Å². The molecule has 88 valence electrons. The molecule has 0 spiro atoms. The van der Waals surface area contributed by atoms with Crippen LogP contribution in [0.5, 0.6) is 5.75 Å². The fourth-order valence-electron chi connectivity index (χ4n) is 1.63.